The van der Waals surface area contributed by atoms with E-state index in [2.05, 4.69) is 32.4 Å². The second kappa shape index (κ2) is 9.82. The maximum atomic E-state index is 12.8. The largest absolute Gasteiger partial charge is 0.490 e. The molecular formula is C20H15F3N4O3S. The molecule has 11 heteroatoms. The molecule has 1 aromatic carbocycles. The molecule has 0 saturated carbocycles. The molecule has 31 heavy (non-hydrogen) atoms. The molecule has 3 aromatic rings. The Morgan fingerprint density at radius 3 is 2.84 bits per heavy atom. The number of imidazole rings is 1. The first kappa shape index (κ1) is 21.9. The van der Waals surface area contributed by atoms with E-state index >= 15 is 0 Å². The van der Waals surface area contributed by atoms with Gasteiger partial charge < -0.3 is 20.4 Å². The van der Waals surface area contributed by atoms with E-state index in [0.717, 1.165) is 0 Å². The number of hydrogen-bond donors (Lipinski definition) is 3. The number of amides is 2. The normalized spacial score (nSPS) is 10.7. The summed E-state index contributed by atoms with van der Waals surface area (Å²) in [5.41, 5.74) is 0.184. The number of aromatic amines is 1. The smallest absolute Gasteiger partial charge is 0.432 e. The predicted molar refractivity (Wildman–Crippen MR) is 108 cm³/mol. The summed E-state index contributed by atoms with van der Waals surface area (Å²) in [6.07, 6.45) is -3.35. The molecule has 3 N–H and O–H groups in total. The third kappa shape index (κ3) is 6.10. The molecule has 0 unspecified atom stereocenters. The number of aromatic nitrogens is 2. The van der Waals surface area contributed by atoms with Crippen molar-refractivity contribution in [3.05, 3.63) is 52.5 Å². The summed E-state index contributed by atoms with van der Waals surface area (Å²) in [6.45, 7) is 0.338. The lowest BCUT2D eigenvalue weighted by molar-refractivity contribution is -0.140. The molecule has 0 aliphatic rings. The Balaban J connectivity index is 1.85. The molecule has 0 saturated heterocycles. The van der Waals surface area contributed by atoms with Gasteiger partial charge in [0.2, 0.25) is 6.41 Å². The lowest BCUT2D eigenvalue weighted by Gasteiger charge is -2.12. The van der Waals surface area contributed by atoms with E-state index in [1.165, 1.54) is 29.5 Å². The number of alkyl halides is 3. The molecular weight excluding hydrogens is 433 g/mol. The van der Waals surface area contributed by atoms with Crippen LogP contribution >= 0.6 is 11.3 Å². The number of carbonyl (C=O) groups excluding carboxylic acids is 2. The van der Waals surface area contributed by atoms with Crippen LogP contribution in [-0.4, -0.2) is 35.4 Å². The van der Waals surface area contributed by atoms with Gasteiger partial charge in [-0.3, -0.25) is 9.59 Å². The second-order valence-corrected chi connectivity index (χ2v) is 6.77. The number of nitrogens with one attached hydrogen (secondary N) is 3. The molecule has 7 nitrogen and oxygen atoms in total. The first-order chi connectivity index (χ1) is 14.9. The zero-order valence-corrected chi connectivity index (χ0v) is 16.6. The van der Waals surface area contributed by atoms with Crippen LogP contribution in [0.2, 0.25) is 0 Å². The fourth-order valence-electron chi connectivity index (χ4n) is 2.41. The van der Waals surface area contributed by atoms with Crippen LogP contribution in [-0.2, 0) is 15.8 Å². The highest BCUT2D eigenvalue weighted by atomic mass is 32.1. The average molecular weight is 448 g/mol. The van der Waals surface area contributed by atoms with Gasteiger partial charge in [-0.15, -0.1) is 0 Å². The summed E-state index contributed by atoms with van der Waals surface area (Å²) in [7, 11) is 0. The van der Waals surface area contributed by atoms with Crippen molar-refractivity contribution in [3.63, 3.8) is 0 Å². The van der Waals surface area contributed by atoms with Crippen molar-refractivity contribution in [1.29, 1.82) is 0 Å². The number of rotatable bonds is 7. The number of H-pyrrole nitrogens is 1. The van der Waals surface area contributed by atoms with Gasteiger partial charge in [0.05, 0.1) is 18.4 Å². The van der Waals surface area contributed by atoms with Gasteiger partial charge in [0, 0.05) is 22.4 Å². The third-order valence-electron chi connectivity index (χ3n) is 3.81. The van der Waals surface area contributed by atoms with Gasteiger partial charge in [0.1, 0.15) is 23.9 Å². The highest BCUT2D eigenvalue weighted by Crippen LogP contribution is 2.32. The van der Waals surface area contributed by atoms with Crippen LogP contribution in [0.25, 0.3) is 11.4 Å². The molecule has 0 radical (unpaired) electrons. The number of nitrogens with zero attached hydrogens (tertiary/aromatic N) is 1. The van der Waals surface area contributed by atoms with Gasteiger partial charge in [-0.2, -0.15) is 24.5 Å². The van der Waals surface area contributed by atoms with Gasteiger partial charge in [-0.1, -0.05) is 5.92 Å². The SMILES string of the molecule is O=CNCCOc1ccc(-c2ncc(C(F)(F)F)[nH]2)cc1NC(=O)C#Cc1ccsc1. The van der Waals surface area contributed by atoms with E-state index in [1.807, 2.05) is 5.38 Å². The minimum absolute atomic E-state index is 0.0265. The van der Waals surface area contributed by atoms with Crippen molar-refractivity contribution >= 4 is 29.3 Å². The van der Waals surface area contributed by atoms with Crippen molar-refractivity contribution in [2.45, 2.75) is 6.18 Å². The van der Waals surface area contributed by atoms with Crippen LogP contribution in [0.1, 0.15) is 11.3 Å². The van der Waals surface area contributed by atoms with Crippen LogP contribution in [0.5, 0.6) is 5.75 Å². The predicted octanol–water partition coefficient (Wildman–Crippen LogP) is 3.27. The highest BCUT2D eigenvalue weighted by molar-refractivity contribution is 7.08. The molecule has 160 valence electrons. The van der Waals surface area contributed by atoms with Crippen molar-refractivity contribution in [2.24, 2.45) is 0 Å². The molecule has 0 fully saturated rings. The quantitative estimate of drug-likeness (QED) is 0.294. The Bertz CT molecular complexity index is 1110. The molecule has 2 aromatic heterocycles. The van der Waals surface area contributed by atoms with E-state index in [1.54, 1.807) is 11.4 Å². The van der Waals surface area contributed by atoms with Crippen molar-refractivity contribution in [2.75, 3.05) is 18.5 Å². The number of hydrogen-bond acceptors (Lipinski definition) is 5. The monoisotopic (exact) mass is 448 g/mol. The molecule has 0 bridgehead atoms. The number of benzene rings is 1. The first-order valence-electron chi connectivity index (χ1n) is 8.78. The van der Waals surface area contributed by atoms with Crippen LogP contribution in [0.15, 0.2) is 41.2 Å². The summed E-state index contributed by atoms with van der Waals surface area (Å²) >= 11 is 1.44. The minimum atomic E-state index is -4.56. The number of thiophene rings is 1. The van der Waals surface area contributed by atoms with Crippen molar-refractivity contribution in [3.8, 4) is 29.0 Å². The summed E-state index contributed by atoms with van der Waals surface area (Å²) in [5, 5.41) is 8.61. The van der Waals surface area contributed by atoms with Crippen LogP contribution in [0.4, 0.5) is 18.9 Å². The molecule has 0 aliphatic heterocycles. The van der Waals surface area contributed by atoms with Gasteiger partial charge in [-0.25, -0.2) is 4.98 Å². The second-order valence-electron chi connectivity index (χ2n) is 5.99. The zero-order valence-electron chi connectivity index (χ0n) is 15.7. The van der Waals surface area contributed by atoms with E-state index < -0.39 is 17.8 Å². The lowest BCUT2D eigenvalue weighted by atomic mass is 10.1. The molecule has 0 spiro atoms. The average Bonchev–Trinajstić information content (AvgIpc) is 3.42. The van der Waals surface area contributed by atoms with Crippen LogP contribution in [0.3, 0.4) is 0 Å². The number of halogens is 3. The van der Waals surface area contributed by atoms with Crippen LogP contribution < -0.4 is 15.4 Å². The van der Waals surface area contributed by atoms with Gasteiger partial charge in [0.25, 0.3) is 0 Å². The van der Waals surface area contributed by atoms with Gasteiger partial charge in [-0.05, 0) is 29.6 Å². The standard InChI is InChI=1S/C20H15F3N4O3S/c21-20(22,23)17-10-25-19(27-17)14-2-3-16(30-7-6-24-12-28)15(9-14)26-18(29)4-1-13-5-8-31-11-13/h2-3,5,8-12H,6-7H2,(H,24,28)(H,25,27)(H,26,29). The number of carbonyl (C=O) groups is 2. The van der Waals surface area contributed by atoms with E-state index in [4.69, 9.17) is 4.74 Å². The first-order valence-corrected chi connectivity index (χ1v) is 9.73. The Morgan fingerprint density at radius 1 is 1.32 bits per heavy atom. The minimum Gasteiger partial charge on any atom is -0.490 e. The number of ether oxygens (including phenoxy) is 1. The molecule has 2 heterocycles. The number of anilines is 1. The van der Waals surface area contributed by atoms with E-state index in [-0.39, 0.29) is 30.4 Å². The summed E-state index contributed by atoms with van der Waals surface area (Å²) < 4.78 is 44.1. The Kier molecular flexibility index (Phi) is 6.94. The fraction of sp³-hybridized carbons (Fsp3) is 0.150. The third-order valence-corrected chi connectivity index (χ3v) is 4.49. The van der Waals surface area contributed by atoms with Gasteiger partial charge >= 0.3 is 12.1 Å². The summed E-state index contributed by atoms with van der Waals surface area (Å²) in [6, 6.07) is 6.16. The summed E-state index contributed by atoms with van der Waals surface area (Å²) in [4.78, 5) is 28.6. The van der Waals surface area contributed by atoms with E-state index in [9.17, 15) is 22.8 Å². The molecule has 3 rings (SSSR count). The van der Waals surface area contributed by atoms with Crippen molar-refractivity contribution in [1.82, 2.24) is 15.3 Å². The summed E-state index contributed by atoms with van der Waals surface area (Å²) in [5.74, 6) is 4.74. The Morgan fingerprint density at radius 2 is 2.16 bits per heavy atom. The Labute approximate surface area is 178 Å². The zero-order chi connectivity index (χ0) is 22.3. The van der Waals surface area contributed by atoms with Crippen molar-refractivity contribution < 1.29 is 27.5 Å². The van der Waals surface area contributed by atoms with Crippen LogP contribution in [0, 0.1) is 11.8 Å². The van der Waals surface area contributed by atoms with Gasteiger partial charge in [0.15, 0.2) is 0 Å². The highest BCUT2D eigenvalue weighted by Gasteiger charge is 2.33. The molecule has 2 amide bonds. The molecule has 0 atom stereocenters. The maximum absolute atomic E-state index is 12.8. The topological polar surface area (TPSA) is 96.1 Å². The Hall–Kier alpha value is -3.78. The fourth-order valence-corrected chi connectivity index (χ4v) is 3.00. The van der Waals surface area contributed by atoms with E-state index in [0.29, 0.717) is 23.7 Å². The molecule has 0 aliphatic carbocycles. The lowest BCUT2D eigenvalue weighted by Crippen LogP contribution is -2.19. The maximum Gasteiger partial charge on any atom is 0.432 e.